The van der Waals surface area contributed by atoms with E-state index in [4.69, 9.17) is 9.47 Å². The van der Waals surface area contributed by atoms with E-state index >= 15 is 0 Å². The average molecular weight is 426 g/mol. The average Bonchev–Trinajstić information content (AvgIpc) is 2.92. The lowest BCUT2D eigenvalue weighted by molar-refractivity contribution is -0.113. The van der Waals surface area contributed by atoms with Gasteiger partial charge in [0.15, 0.2) is 0 Å². The quantitative estimate of drug-likeness (QED) is 0.685. The van der Waals surface area contributed by atoms with Gasteiger partial charge in [-0.2, -0.15) is 9.78 Å². The highest BCUT2D eigenvalue weighted by Crippen LogP contribution is 2.47. The van der Waals surface area contributed by atoms with E-state index < -0.39 is 0 Å². The zero-order valence-electron chi connectivity index (χ0n) is 17.5. The van der Waals surface area contributed by atoms with E-state index in [1.807, 2.05) is 45.0 Å². The summed E-state index contributed by atoms with van der Waals surface area (Å²) in [6.45, 7) is 5.75. The zero-order valence-corrected chi connectivity index (χ0v) is 18.3. The van der Waals surface area contributed by atoms with Gasteiger partial charge in [-0.3, -0.25) is 4.79 Å². The Balaban J connectivity index is 1.91. The molecule has 1 atom stereocenters. The second-order valence-corrected chi connectivity index (χ2v) is 8.15. The molecule has 0 spiro atoms. The molecule has 156 valence electrons. The monoisotopic (exact) mass is 425 g/mol. The number of aryl methyl sites for hydroxylation is 3. The van der Waals surface area contributed by atoms with Crippen molar-refractivity contribution in [1.82, 2.24) is 19.7 Å². The summed E-state index contributed by atoms with van der Waals surface area (Å²) in [6, 6.07) is 7.62. The van der Waals surface area contributed by atoms with E-state index in [9.17, 15) is 4.79 Å². The molecule has 0 saturated heterocycles. The Bertz CT molecular complexity index is 1110. The van der Waals surface area contributed by atoms with Crippen molar-refractivity contribution in [3.05, 3.63) is 52.5 Å². The molecule has 0 bridgehead atoms. The number of methoxy groups -OCH3 is 2. The molecule has 30 heavy (non-hydrogen) atoms. The predicted molar refractivity (Wildman–Crippen MR) is 116 cm³/mol. The van der Waals surface area contributed by atoms with Crippen LogP contribution in [0.4, 0.5) is 5.82 Å². The van der Waals surface area contributed by atoms with Crippen LogP contribution in [-0.4, -0.2) is 45.6 Å². The summed E-state index contributed by atoms with van der Waals surface area (Å²) in [6.07, 6.45) is 0. The number of thioether (sulfide) groups is 1. The Morgan fingerprint density at radius 3 is 2.50 bits per heavy atom. The number of anilines is 1. The number of hydrogen-bond acceptors (Lipinski definition) is 7. The van der Waals surface area contributed by atoms with E-state index in [1.54, 1.807) is 18.9 Å². The Morgan fingerprint density at radius 1 is 1.10 bits per heavy atom. The second kappa shape index (κ2) is 7.98. The topological polar surface area (TPSA) is 91.2 Å². The molecule has 2 aromatic heterocycles. The molecule has 0 fully saturated rings. The largest absolute Gasteiger partial charge is 0.497 e. The fraction of sp³-hybridized carbons (Fsp3) is 0.333. The molecule has 3 heterocycles. The fourth-order valence-corrected chi connectivity index (χ4v) is 4.82. The summed E-state index contributed by atoms with van der Waals surface area (Å²) in [5.41, 5.74) is 4.33. The minimum absolute atomic E-state index is 0.0956. The molecule has 1 N–H and O–H groups in total. The lowest BCUT2D eigenvalue weighted by Gasteiger charge is -2.19. The van der Waals surface area contributed by atoms with E-state index in [0.717, 1.165) is 28.2 Å². The molecule has 8 nitrogen and oxygen atoms in total. The van der Waals surface area contributed by atoms with Gasteiger partial charge < -0.3 is 14.8 Å². The van der Waals surface area contributed by atoms with Crippen LogP contribution < -0.4 is 14.8 Å². The van der Waals surface area contributed by atoms with Crippen molar-refractivity contribution >= 4 is 23.5 Å². The molecule has 1 unspecified atom stereocenters. The first-order valence-corrected chi connectivity index (χ1v) is 10.5. The minimum atomic E-state index is -0.153. The van der Waals surface area contributed by atoms with E-state index in [-0.39, 0.29) is 11.2 Å². The van der Waals surface area contributed by atoms with Crippen molar-refractivity contribution in [3.8, 4) is 17.4 Å². The second-order valence-electron chi connectivity index (χ2n) is 7.06. The minimum Gasteiger partial charge on any atom is -0.497 e. The molecule has 1 aliphatic heterocycles. The van der Waals surface area contributed by atoms with Crippen LogP contribution in [0, 0.1) is 20.8 Å². The van der Waals surface area contributed by atoms with Crippen LogP contribution in [0.5, 0.6) is 11.5 Å². The normalized spacial score (nSPS) is 15.9. The predicted octanol–water partition coefficient (Wildman–Crippen LogP) is 3.38. The molecule has 4 rings (SSSR count). The van der Waals surface area contributed by atoms with Crippen molar-refractivity contribution < 1.29 is 14.3 Å². The Morgan fingerprint density at radius 2 is 1.83 bits per heavy atom. The fourth-order valence-electron chi connectivity index (χ4n) is 3.61. The molecule has 9 heteroatoms. The third-order valence-electron chi connectivity index (χ3n) is 4.89. The summed E-state index contributed by atoms with van der Waals surface area (Å²) in [5, 5.41) is 7.53. The number of rotatable bonds is 4. The van der Waals surface area contributed by atoms with Crippen LogP contribution in [0.3, 0.4) is 0 Å². The first-order chi connectivity index (χ1) is 14.4. The van der Waals surface area contributed by atoms with Gasteiger partial charge in [0.2, 0.25) is 5.91 Å². The number of nitrogens with zero attached hydrogens (tertiary/aromatic N) is 4. The summed E-state index contributed by atoms with van der Waals surface area (Å²) in [5.74, 6) is 2.64. The smallest absolute Gasteiger partial charge is 0.252 e. The summed E-state index contributed by atoms with van der Waals surface area (Å²) < 4.78 is 12.6. The van der Waals surface area contributed by atoms with Gasteiger partial charge in [-0.15, -0.1) is 11.8 Å². The molecule has 0 saturated carbocycles. The van der Waals surface area contributed by atoms with Crippen LogP contribution in [0.25, 0.3) is 5.95 Å². The Kier molecular flexibility index (Phi) is 5.38. The standard InChI is InChI=1S/C21H23N5O3S/c1-11-8-12(2)23-21(22-11)26-20-18(13(3)25-26)19(30-10-17(27)24-20)15-7-6-14(28-4)9-16(15)29-5/h6-9,19H,10H2,1-5H3,(H,24,27). The number of aromatic nitrogens is 4. The Labute approximate surface area is 179 Å². The van der Waals surface area contributed by atoms with Crippen molar-refractivity contribution in [1.29, 1.82) is 0 Å². The molecular weight excluding hydrogens is 402 g/mol. The van der Waals surface area contributed by atoms with Crippen LogP contribution in [-0.2, 0) is 4.79 Å². The highest BCUT2D eigenvalue weighted by Gasteiger charge is 2.32. The maximum atomic E-state index is 12.5. The lowest BCUT2D eigenvalue weighted by Crippen LogP contribution is -2.17. The first kappa shape index (κ1) is 20.2. The zero-order chi connectivity index (χ0) is 21.4. The molecule has 1 aromatic carbocycles. The summed E-state index contributed by atoms with van der Waals surface area (Å²) in [7, 11) is 3.25. The number of carbonyl (C=O) groups excluding carboxylic acids is 1. The van der Waals surface area contributed by atoms with Gasteiger partial charge in [-0.25, -0.2) is 9.97 Å². The molecule has 0 radical (unpaired) electrons. The van der Waals surface area contributed by atoms with Gasteiger partial charge in [0.1, 0.15) is 17.3 Å². The Hall–Kier alpha value is -3.07. The number of carbonyl (C=O) groups is 1. The summed E-state index contributed by atoms with van der Waals surface area (Å²) in [4.78, 5) is 21.6. The SMILES string of the molecule is COc1ccc(C2SCC(=O)Nc3c2c(C)nn3-c2nc(C)cc(C)n2)c(OC)c1. The summed E-state index contributed by atoms with van der Waals surface area (Å²) >= 11 is 1.53. The molecule has 3 aromatic rings. The van der Waals surface area contributed by atoms with Gasteiger partial charge in [0, 0.05) is 28.6 Å². The number of hydrogen-bond donors (Lipinski definition) is 1. The number of ether oxygens (including phenoxy) is 2. The maximum Gasteiger partial charge on any atom is 0.252 e. The third-order valence-corrected chi connectivity index (χ3v) is 6.14. The molecular formula is C21H23N5O3S. The van der Waals surface area contributed by atoms with E-state index in [2.05, 4.69) is 20.4 Å². The molecule has 0 aliphatic carbocycles. The lowest BCUT2D eigenvalue weighted by atomic mass is 10.0. The van der Waals surface area contributed by atoms with E-state index in [0.29, 0.717) is 29.0 Å². The third kappa shape index (κ3) is 3.60. The van der Waals surface area contributed by atoms with Crippen LogP contribution in [0.1, 0.15) is 33.5 Å². The van der Waals surface area contributed by atoms with Crippen LogP contribution in [0.15, 0.2) is 24.3 Å². The van der Waals surface area contributed by atoms with Gasteiger partial charge in [-0.05, 0) is 32.9 Å². The highest BCUT2D eigenvalue weighted by molar-refractivity contribution is 8.00. The van der Waals surface area contributed by atoms with Gasteiger partial charge in [-0.1, -0.05) is 6.07 Å². The molecule has 1 amide bonds. The number of benzene rings is 1. The number of fused-ring (bicyclic) bond motifs is 1. The van der Waals surface area contributed by atoms with Gasteiger partial charge in [0.25, 0.3) is 5.95 Å². The van der Waals surface area contributed by atoms with Gasteiger partial charge >= 0.3 is 0 Å². The van der Waals surface area contributed by atoms with Crippen molar-refractivity contribution in [2.24, 2.45) is 0 Å². The van der Waals surface area contributed by atoms with Crippen molar-refractivity contribution in [3.63, 3.8) is 0 Å². The van der Waals surface area contributed by atoms with E-state index in [1.165, 1.54) is 11.8 Å². The highest BCUT2D eigenvalue weighted by atomic mass is 32.2. The van der Waals surface area contributed by atoms with Crippen molar-refractivity contribution in [2.75, 3.05) is 25.3 Å². The van der Waals surface area contributed by atoms with Crippen LogP contribution >= 0.6 is 11.8 Å². The number of amides is 1. The van der Waals surface area contributed by atoms with Crippen molar-refractivity contribution in [2.45, 2.75) is 26.0 Å². The number of nitrogens with one attached hydrogen (secondary N) is 1. The van der Waals surface area contributed by atoms with Gasteiger partial charge in [0.05, 0.1) is 30.9 Å². The molecule has 1 aliphatic rings. The first-order valence-electron chi connectivity index (χ1n) is 9.46. The maximum absolute atomic E-state index is 12.5. The van der Waals surface area contributed by atoms with Crippen LogP contribution in [0.2, 0.25) is 0 Å².